The molecule has 1 aliphatic carbocycles. The van der Waals surface area contributed by atoms with Gasteiger partial charge in [0.1, 0.15) is 5.60 Å². The highest BCUT2D eigenvalue weighted by molar-refractivity contribution is 5.96. The summed E-state index contributed by atoms with van der Waals surface area (Å²) in [6, 6.07) is 9.52. The van der Waals surface area contributed by atoms with E-state index < -0.39 is 29.2 Å². The first kappa shape index (κ1) is 28.0. The lowest BCUT2D eigenvalue weighted by molar-refractivity contribution is -0.137. The average Bonchev–Trinajstić information content (AvgIpc) is 3.30. The third-order valence-electron chi connectivity index (χ3n) is 7.32. The van der Waals surface area contributed by atoms with Crippen LogP contribution >= 0.6 is 0 Å². The number of rotatable bonds is 8. The number of hydrogen-bond donors (Lipinski definition) is 3. The minimum absolute atomic E-state index is 0.171. The van der Waals surface area contributed by atoms with Gasteiger partial charge in [0.25, 0.3) is 5.91 Å². The number of pyridine rings is 1. The Morgan fingerprint density at radius 1 is 1.16 bits per heavy atom. The number of halogens is 3. The van der Waals surface area contributed by atoms with Gasteiger partial charge < -0.3 is 20.5 Å². The minimum atomic E-state index is -4.56. The summed E-state index contributed by atoms with van der Waals surface area (Å²) in [5, 5.41) is 16.4. The van der Waals surface area contributed by atoms with Gasteiger partial charge in [0.05, 0.1) is 29.9 Å². The lowest BCUT2D eigenvalue weighted by Gasteiger charge is -2.39. The molecule has 2 heterocycles. The summed E-state index contributed by atoms with van der Waals surface area (Å²) in [6.07, 6.45) is -0.390. The van der Waals surface area contributed by atoms with Gasteiger partial charge in [0, 0.05) is 37.5 Å². The fourth-order valence-corrected chi connectivity index (χ4v) is 5.32. The van der Waals surface area contributed by atoms with E-state index in [4.69, 9.17) is 4.74 Å². The normalized spacial score (nSPS) is 26.2. The van der Waals surface area contributed by atoms with Gasteiger partial charge in [-0.3, -0.25) is 19.5 Å². The number of hydrogen-bond acceptors (Lipinski definition) is 6. The summed E-state index contributed by atoms with van der Waals surface area (Å²) in [7, 11) is 0. The molecule has 4 rings (SSSR count). The van der Waals surface area contributed by atoms with Crippen molar-refractivity contribution in [2.24, 2.45) is 0 Å². The van der Waals surface area contributed by atoms with E-state index >= 15 is 0 Å². The van der Waals surface area contributed by atoms with Crippen LogP contribution < -0.4 is 10.6 Å². The van der Waals surface area contributed by atoms with Crippen molar-refractivity contribution >= 4 is 11.8 Å². The first-order valence-electron chi connectivity index (χ1n) is 12.8. The van der Waals surface area contributed by atoms with Crippen LogP contribution in [0.5, 0.6) is 0 Å². The van der Waals surface area contributed by atoms with Crippen LogP contribution in [0.3, 0.4) is 0 Å². The van der Waals surface area contributed by atoms with Crippen LogP contribution in [0.4, 0.5) is 13.2 Å². The van der Waals surface area contributed by atoms with Crippen LogP contribution in [-0.2, 0) is 21.3 Å². The molecule has 38 heavy (non-hydrogen) atoms. The van der Waals surface area contributed by atoms with Crippen LogP contribution in [0, 0.1) is 0 Å². The Morgan fingerprint density at radius 3 is 2.58 bits per heavy atom. The molecule has 3 N–H and O–H groups in total. The SMILES string of the molecule is CCO[C@@H]1CN(C2CCC(O)(c3ccccn3)CC2)C[C@@H]1NC(=O)CNC(=O)c1cccc(C(F)(F)F)c1. The third kappa shape index (κ3) is 6.69. The van der Waals surface area contributed by atoms with Gasteiger partial charge in [-0.2, -0.15) is 13.2 Å². The molecule has 0 bridgehead atoms. The van der Waals surface area contributed by atoms with Gasteiger partial charge in [-0.25, -0.2) is 0 Å². The van der Waals surface area contributed by atoms with E-state index in [0.717, 1.165) is 31.0 Å². The molecule has 1 aliphatic heterocycles. The second-order valence-corrected chi connectivity index (χ2v) is 9.86. The number of amides is 2. The third-order valence-corrected chi connectivity index (χ3v) is 7.32. The van der Waals surface area contributed by atoms with Gasteiger partial charge in [-0.05, 0) is 62.9 Å². The van der Waals surface area contributed by atoms with Crippen molar-refractivity contribution in [3.8, 4) is 0 Å². The number of ether oxygens (including phenoxy) is 1. The zero-order valence-electron chi connectivity index (χ0n) is 21.2. The number of nitrogens with zero attached hydrogens (tertiary/aromatic N) is 2. The number of likely N-dealkylation sites (tertiary alicyclic amines) is 1. The molecule has 0 unspecified atom stereocenters. The maximum absolute atomic E-state index is 12.9. The van der Waals surface area contributed by atoms with Crippen LogP contribution in [0.25, 0.3) is 0 Å². The highest BCUT2D eigenvalue weighted by atomic mass is 19.4. The fourth-order valence-electron chi connectivity index (χ4n) is 5.32. The zero-order valence-corrected chi connectivity index (χ0v) is 21.2. The minimum Gasteiger partial charge on any atom is -0.384 e. The second kappa shape index (κ2) is 11.8. The van der Waals surface area contributed by atoms with E-state index in [0.29, 0.717) is 38.2 Å². The highest BCUT2D eigenvalue weighted by Crippen LogP contribution is 2.38. The maximum Gasteiger partial charge on any atom is 0.416 e. The molecule has 2 atom stereocenters. The molecule has 2 aliphatic rings. The van der Waals surface area contributed by atoms with Crippen molar-refractivity contribution in [1.29, 1.82) is 0 Å². The maximum atomic E-state index is 12.9. The van der Waals surface area contributed by atoms with Crippen molar-refractivity contribution in [3.63, 3.8) is 0 Å². The number of alkyl halides is 3. The van der Waals surface area contributed by atoms with Crippen molar-refractivity contribution < 1.29 is 32.6 Å². The van der Waals surface area contributed by atoms with E-state index in [-0.39, 0.29) is 30.3 Å². The number of aliphatic hydroxyl groups is 1. The number of carbonyl (C=O) groups excluding carboxylic acids is 2. The lowest BCUT2D eigenvalue weighted by Crippen LogP contribution is -2.48. The van der Waals surface area contributed by atoms with Crippen molar-refractivity contribution in [2.75, 3.05) is 26.2 Å². The van der Waals surface area contributed by atoms with Gasteiger partial charge >= 0.3 is 6.18 Å². The quantitative estimate of drug-likeness (QED) is 0.481. The van der Waals surface area contributed by atoms with Crippen molar-refractivity contribution in [3.05, 3.63) is 65.5 Å². The van der Waals surface area contributed by atoms with Gasteiger partial charge in [0.2, 0.25) is 5.91 Å². The Morgan fingerprint density at radius 2 is 1.92 bits per heavy atom. The van der Waals surface area contributed by atoms with E-state index in [1.165, 1.54) is 6.07 Å². The molecule has 2 amide bonds. The first-order chi connectivity index (χ1) is 18.1. The number of nitrogens with one attached hydrogen (secondary N) is 2. The monoisotopic (exact) mass is 534 g/mol. The molecule has 206 valence electrons. The molecule has 1 aromatic heterocycles. The Kier molecular flexibility index (Phi) is 8.69. The van der Waals surface area contributed by atoms with E-state index in [2.05, 4.69) is 20.5 Å². The predicted molar refractivity (Wildman–Crippen MR) is 133 cm³/mol. The molecule has 0 spiro atoms. The predicted octanol–water partition coefficient (Wildman–Crippen LogP) is 2.87. The van der Waals surface area contributed by atoms with Crippen molar-refractivity contribution in [1.82, 2.24) is 20.5 Å². The summed E-state index contributed by atoms with van der Waals surface area (Å²) >= 11 is 0. The number of aromatic nitrogens is 1. The van der Waals surface area contributed by atoms with E-state index in [1.807, 2.05) is 25.1 Å². The summed E-state index contributed by atoms with van der Waals surface area (Å²) in [6.45, 7) is 3.17. The molecule has 2 fully saturated rings. The van der Waals surface area contributed by atoms with Crippen LogP contribution in [0.1, 0.15) is 54.2 Å². The first-order valence-corrected chi connectivity index (χ1v) is 12.8. The average molecular weight is 535 g/mol. The van der Waals surface area contributed by atoms with Gasteiger partial charge in [0.15, 0.2) is 0 Å². The molecule has 0 radical (unpaired) electrons. The van der Waals surface area contributed by atoms with Crippen LogP contribution in [0.15, 0.2) is 48.7 Å². The van der Waals surface area contributed by atoms with E-state index in [1.54, 1.807) is 6.20 Å². The summed E-state index contributed by atoms with van der Waals surface area (Å²) in [4.78, 5) is 31.5. The molecule has 11 heteroatoms. The Hall–Kier alpha value is -3.02. The van der Waals surface area contributed by atoms with Gasteiger partial charge in [-0.15, -0.1) is 0 Å². The Balaban J connectivity index is 1.30. The topological polar surface area (TPSA) is 104 Å². The molecule has 8 nitrogen and oxygen atoms in total. The second-order valence-electron chi connectivity index (χ2n) is 9.86. The number of benzene rings is 1. The van der Waals surface area contributed by atoms with Gasteiger partial charge in [-0.1, -0.05) is 12.1 Å². The molecular weight excluding hydrogens is 501 g/mol. The smallest absolute Gasteiger partial charge is 0.384 e. The van der Waals surface area contributed by atoms with E-state index in [9.17, 15) is 27.9 Å². The van der Waals surface area contributed by atoms with Crippen LogP contribution in [0.2, 0.25) is 0 Å². The molecule has 1 aromatic carbocycles. The summed E-state index contributed by atoms with van der Waals surface area (Å²) in [5.41, 5.74) is -1.36. The van der Waals surface area contributed by atoms with Crippen molar-refractivity contribution in [2.45, 2.75) is 62.6 Å². The fraction of sp³-hybridized carbons (Fsp3) is 0.519. The Labute approximate surface area is 219 Å². The molecule has 1 saturated heterocycles. The zero-order chi connectivity index (χ0) is 27.3. The standard InChI is InChI=1S/C27H33F3N4O4/c1-2-38-22-17-34(20-9-11-26(37,12-10-20)23-8-3-4-13-31-23)16-21(22)33-24(35)15-32-25(36)18-6-5-7-19(14-18)27(28,29)30/h3-8,13-14,20-22,37H,2,9-12,15-17H2,1H3,(H,32,36)(H,33,35)/t20?,21-,22+,26?/m0/s1. The molecule has 2 aromatic rings. The Bertz CT molecular complexity index is 1110. The molecule has 1 saturated carbocycles. The summed E-state index contributed by atoms with van der Waals surface area (Å²) in [5.74, 6) is -1.21. The largest absolute Gasteiger partial charge is 0.416 e. The number of carbonyl (C=O) groups is 2. The molecular formula is C27H33F3N4O4. The lowest BCUT2D eigenvalue weighted by atomic mass is 9.79. The summed E-state index contributed by atoms with van der Waals surface area (Å²) < 4.78 is 44.7. The van der Waals surface area contributed by atoms with Crippen LogP contribution in [-0.4, -0.2) is 71.2 Å². The highest BCUT2D eigenvalue weighted by Gasteiger charge is 2.42.